The molecule has 0 aromatic heterocycles. The first-order valence-electron chi connectivity index (χ1n) is 7.75. The average Bonchev–Trinajstić information content (AvgIpc) is 2.89. The fourth-order valence-electron chi connectivity index (χ4n) is 3.11. The molecule has 2 aliphatic rings. The van der Waals surface area contributed by atoms with Crippen LogP contribution in [0.5, 0.6) is 0 Å². The monoisotopic (exact) mass is 330 g/mol. The van der Waals surface area contributed by atoms with Crippen molar-refractivity contribution in [1.29, 1.82) is 0 Å². The number of carbonyl (C=O) groups excluding carboxylic acids is 2. The van der Waals surface area contributed by atoms with Crippen molar-refractivity contribution in [2.24, 2.45) is 0 Å². The summed E-state index contributed by atoms with van der Waals surface area (Å²) in [4.78, 5) is 38.4. The molecule has 0 bridgehead atoms. The van der Waals surface area contributed by atoms with Gasteiger partial charge in [0.05, 0.1) is 28.8 Å². The van der Waals surface area contributed by atoms with Crippen molar-refractivity contribution < 1.29 is 14.5 Å². The first-order valence-corrected chi connectivity index (χ1v) is 7.75. The molecule has 0 fully saturated rings. The molecule has 3 rings (SSSR count). The number of hydrogen-bond acceptors (Lipinski definition) is 4. The number of nitro groups is 1. The molecule has 0 saturated heterocycles. The maximum atomic E-state index is 12.7. The van der Waals surface area contributed by atoms with Crippen LogP contribution in [-0.2, 0) is 4.79 Å². The van der Waals surface area contributed by atoms with Crippen molar-refractivity contribution >= 4 is 17.6 Å². The highest BCUT2D eigenvalue weighted by Gasteiger charge is 2.42. The lowest BCUT2D eigenvalue weighted by Gasteiger charge is -2.31. The van der Waals surface area contributed by atoms with E-state index in [1.807, 2.05) is 6.92 Å². The van der Waals surface area contributed by atoms with Crippen molar-refractivity contribution in [3.63, 3.8) is 0 Å². The van der Waals surface area contributed by atoms with Gasteiger partial charge in [0.1, 0.15) is 0 Å². The fraction of sp³-hybridized carbons (Fsp3) is 0.375. The van der Waals surface area contributed by atoms with Crippen LogP contribution >= 0.6 is 0 Å². The Hall–Kier alpha value is -2.90. The third-order valence-corrected chi connectivity index (χ3v) is 4.37. The van der Waals surface area contributed by atoms with Crippen LogP contribution in [0, 0.1) is 10.1 Å². The molecular formula is C16H18N4O4. The van der Waals surface area contributed by atoms with E-state index in [-0.39, 0.29) is 17.6 Å². The number of urea groups is 1. The normalized spacial score (nSPS) is 20.3. The van der Waals surface area contributed by atoms with E-state index in [9.17, 15) is 19.7 Å². The number of non-ortho nitro benzene ring substituents is 1. The van der Waals surface area contributed by atoms with Crippen molar-refractivity contribution in [3.05, 3.63) is 51.2 Å². The zero-order valence-corrected chi connectivity index (χ0v) is 13.5. The second kappa shape index (κ2) is 5.95. The van der Waals surface area contributed by atoms with Crippen LogP contribution in [0.3, 0.4) is 0 Å². The maximum Gasteiger partial charge on any atom is 0.322 e. The summed E-state index contributed by atoms with van der Waals surface area (Å²) in [6, 6.07) is 5.04. The minimum Gasteiger partial charge on any atom is -0.333 e. The molecular weight excluding hydrogens is 312 g/mol. The Morgan fingerprint density at radius 3 is 2.54 bits per heavy atom. The summed E-state index contributed by atoms with van der Waals surface area (Å²) in [5, 5.41) is 13.6. The first kappa shape index (κ1) is 16.0. The van der Waals surface area contributed by atoms with Gasteiger partial charge in [0.15, 0.2) is 0 Å². The molecule has 8 nitrogen and oxygen atoms in total. The van der Waals surface area contributed by atoms with E-state index < -0.39 is 11.0 Å². The lowest BCUT2D eigenvalue weighted by atomic mass is 9.95. The van der Waals surface area contributed by atoms with Gasteiger partial charge in [0, 0.05) is 25.7 Å². The van der Waals surface area contributed by atoms with E-state index in [0.717, 1.165) is 6.42 Å². The molecule has 0 saturated carbocycles. The van der Waals surface area contributed by atoms with E-state index in [0.29, 0.717) is 29.9 Å². The summed E-state index contributed by atoms with van der Waals surface area (Å²) in [5.41, 5.74) is 1.86. The zero-order valence-electron chi connectivity index (χ0n) is 13.5. The standard InChI is InChI=1S/C16H18N4O4/c1-3-8-19-9-12-13(15(19)21)14(17-16(22)18(12)2)10-4-6-11(7-5-10)20(23)24/h4-7,14H,3,8-9H2,1-2H3,(H,17,22). The number of rotatable bonds is 4. The third kappa shape index (κ3) is 2.49. The van der Waals surface area contributed by atoms with Gasteiger partial charge in [-0.1, -0.05) is 6.92 Å². The molecule has 0 spiro atoms. The lowest BCUT2D eigenvalue weighted by Crippen LogP contribution is -2.45. The molecule has 24 heavy (non-hydrogen) atoms. The molecule has 0 aliphatic carbocycles. The van der Waals surface area contributed by atoms with E-state index in [1.165, 1.54) is 17.0 Å². The Balaban J connectivity index is 1.99. The molecule has 0 radical (unpaired) electrons. The zero-order chi connectivity index (χ0) is 17.4. The Kier molecular flexibility index (Phi) is 3.96. The van der Waals surface area contributed by atoms with Crippen LogP contribution in [0.25, 0.3) is 0 Å². The van der Waals surface area contributed by atoms with Crippen LogP contribution in [0.1, 0.15) is 24.9 Å². The van der Waals surface area contributed by atoms with Crippen LogP contribution < -0.4 is 5.32 Å². The lowest BCUT2D eigenvalue weighted by molar-refractivity contribution is -0.384. The number of likely N-dealkylation sites (N-methyl/N-ethyl adjacent to an activating group) is 1. The van der Waals surface area contributed by atoms with E-state index in [2.05, 4.69) is 5.32 Å². The van der Waals surface area contributed by atoms with Crippen molar-refractivity contribution in [2.45, 2.75) is 19.4 Å². The van der Waals surface area contributed by atoms with E-state index >= 15 is 0 Å². The molecule has 1 atom stereocenters. The topological polar surface area (TPSA) is 95.8 Å². The van der Waals surface area contributed by atoms with E-state index in [1.54, 1.807) is 24.1 Å². The van der Waals surface area contributed by atoms with Gasteiger partial charge in [0.25, 0.3) is 11.6 Å². The van der Waals surface area contributed by atoms with Gasteiger partial charge in [-0.25, -0.2) is 4.79 Å². The van der Waals surface area contributed by atoms with Gasteiger partial charge >= 0.3 is 6.03 Å². The molecule has 1 aromatic carbocycles. The van der Waals surface area contributed by atoms with Crippen LogP contribution in [0.2, 0.25) is 0 Å². The summed E-state index contributed by atoms with van der Waals surface area (Å²) >= 11 is 0. The molecule has 1 N–H and O–H groups in total. The Labute approximate surface area is 138 Å². The van der Waals surface area contributed by atoms with Gasteiger partial charge < -0.3 is 10.2 Å². The second-order valence-electron chi connectivity index (χ2n) is 5.88. The SMILES string of the molecule is CCCN1CC2=C(C1=O)C(c1ccc([N+](=O)[O-])cc1)NC(=O)N2C. The van der Waals surface area contributed by atoms with Crippen molar-refractivity contribution in [2.75, 3.05) is 20.1 Å². The number of nitro benzene ring substituents is 1. The molecule has 8 heteroatoms. The second-order valence-corrected chi connectivity index (χ2v) is 5.88. The summed E-state index contributed by atoms with van der Waals surface area (Å²) in [7, 11) is 1.64. The number of hydrogen-bond donors (Lipinski definition) is 1. The first-order chi connectivity index (χ1) is 11.4. The molecule has 1 aromatic rings. The number of nitrogens with one attached hydrogen (secondary N) is 1. The summed E-state index contributed by atoms with van der Waals surface area (Å²) < 4.78 is 0. The summed E-state index contributed by atoms with van der Waals surface area (Å²) in [6.45, 7) is 3.03. The van der Waals surface area contributed by atoms with Gasteiger partial charge in [-0.05, 0) is 24.1 Å². The third-order valence-electron chi connectivity index (χ3n) is 4.37. The quantitative estimate of drug-likeness (QED) is 0.672. The minimum absolute atomic E-state index is 0.0300. The highest BCUT2D eigenvalue weighted by Crippen LogP contribution is 2.36. The largest absolute Gasteiger partial charge is 0.333 e. The average molecular weight is 330 g/mol. The fourth-order valence-corrected chi connectivity index (χ4v) is 3.11. The van der Waals surface area contributed by atoms with Gasteiger partial charge in [0.2, 0.25) is 0 Å². The van der Waals surface area contributed by atoms with Gasteiger partial charge in [-0.3, -0.25) is 19.8 Å². The highest BCUT2D eigenvalue weighted by atomic mass is 16.6. The predicted molar refractivity (Wildman–Crippen MR) is 86.0 cm³/mol. The number of benzene rings is 1. The number of carbonyl (C=O) groups is 2. The van der Waals surface area contributed by atoms with E-state index in [4.69, 9.17) is 0 Å². The molecule has 126 valence electrons. The van der Waals surface area contributed by atoms with Crippen LogP contribution in [0.4, 0.5) is 10.5 Å². The predicted octanol–water partition coefficient (Wildman–Crippen LogP) is 1.80. The van der Waals surface area contributed by atoms with Crippen LogP contribution in [0.15, 0.2) is 35.5 Å². The van der Waals surface area contributed by atoms with Gasteiger partial charge in [-0.15, -0.1) is 0 Å². The Bertz CT molecular complexity index is 741. The summed E-state index contributed by atoms with van der Waals surface area (Å²) in [5.74, 6) is -0.0953. The number of nitrogens with zero attached hydrogens (tertiary/aromatic N) is 3. The highest BCUT2D eigenvalue weighted by molar-refractivity contribution is 6.01. The van der Waals surface area contributed by atoms with Gasteiger partial charge in [-0.2, -0.15) is 0 Å². The smallest absolute Gasteiger partial charge is 0.322 e. The Morgan fingerprint density at radius 1 is 1.29 bits per heavy atom. The maximum absolute atomic E-state index is 12.7. The summed E-state index contributed by atoms with van der Waals surface area (Å²) in [6.07, 6.45) is 0.833. The molecule has 3 amide bonds. The molecule has 1 unspecified atom stereocenters. The minimum atomic E-state index is -0.584. The molecule has 2 aliphatic heterocycles. The van der Waals surface area contributed by atoms with Crippen molar-refractivity contribution in [3.8, 4) is 0 Å². The Morgan fingerprint density at radius 2 is 1.96 bits per heavy atom. The van der Waals surface area contributed by atoms with Crippen LogP contribution in [-0.4, -0.2) is 46.8 Å². The number of amides is 3. The molecule has 2 heterocycles. The van der Waals surface area contributed by atoms with Crippen molar-refractivity contribution in [1.82, 2.24) is 15.1 Å².